The molecule has 0 saturated heterocycles. The van der Waals surface area contributed by atoms with Crippen LogP contribution in [0.15, 0.2) is 64.6 Å². The molecule has 0 aliphatic rings. The second kappa shape index (κ2) is 13.0. The first-order chi connectivity index (χ1) is 15.3. The summed E-state index contributed by atoms with van der Waals surface area (Å²) in [6.45, 7) is 0.266. The molecule has 3 N–H and O–H groups in total. The van der Waals surface area contributed by atoms with Crippen LogP contribution in [0.5, 0.6) is 17.2 Å². The molecule has 2 rings (SSSR count). The number of amidine groups is 1. The maximum atomic E-state index is 12.6. The summed E-state index contributed by atoms with van der Waals surface area (Å²) in [6.07, 6.45) is 3.07. The van der Waals surface area contributed by atoms with E-state index in [0.717, 1.165) is 4.90 Å². The van der Waals surface area contributed by atoms with Crippen molar-refractivity contribution in [2.45, 2.75) is 10.3 Å². The third-order valence-electron chi connectivity index (χ3n) is 3.71. The lowest BCUT2D eigenvalue weighted by Crippen LogP contribution is -2.16. The van der Waals surface area contributed by atoms with Crippen LogP contribution in [0, 0.1) is 0 Å². The van der Waals surface area contributed by atoms with Crippen LogP contribution in [0.1, 0.15) is 10.4 Å². The van der Waals surface area contributed by atoms with Crippen molar-refractivity contribution in [2.75, 3.05) is 34.9 Å². The Bertz CT molecular complexity index is 949. The molecule has 0 radical (unpaired) electrons. The van der Waals surface area contributed by atoms with E-state index in [4.69, 9.17) is 19.9 Å². The van der Waals surface area contributed by atoms with Gasteiger partial charge in [0.2, 0.25) is 0 Å². The van der Waals surface area contributed by atoms with E-state index in [1.165, 1.54) is 6.08 Å². The minimum atomic E-state index is -0.529. The molecule has 0 aliphatic carbocycles. The topological polar surface area (TPSA) is 98.4 Å². The van der Waals surface area contributed by atoms with E-state index < -0.39 is 11.3 Å². The van der Waals surface area contributed by atoms with Crippen molar-refractivity contribution >= 4 is 36.3 Å². The fourth-order valence-corrected chi connectivity index (χ4v) is 3.41. The molecule has 0 saturated carbocycles. The predicted octanol–water partition coefficient (Wildman–Crippen LogP) is 3.56. The molecule has 0 heterocycles. The van der Waals surface area contributed by atoms with Gasteiger partial charge in [-0.25, -0.2) is 0 Å². The van der Waals surface area contributed by atoms with Gasteiger partial charge in [-0.1, -0.05) is 0 Å². The van der Waals surface area contributed by atoms with Crippen molar-refractivity contribution in [3.05, 3.63) is 60.3 Å². The monoisotopic (exact) mass is 476 g/mol. The lowest BCUT2D eigenvalue weighted by molar-refractivity contribution is 0.100. The smallest absolute Gasteiger partial charge is 0.279 e. The molecule has 10 heteroatoms. The first kappa shape index (κ1) is 25.6. The number of thiol groups is 1. The lowest BCUT2D eigenvalue weighted by Gasteiger charge is -2.15. The summed E-state index contributed by atoms with van der Waals surface area (Å²) in [4.78, 5) is 17.6. The first-order valence-corrected chi connectivity index (χ1v) is 10.9. The number of carbonyl (C=O) groups is 1. The van der Waals surface area contributed by atoms with Crippen LogP contribution in [0.3, 0.4) is 0 Å². The highest BCUT2D eigenvalue weighted by molar-refractivity contribution is 7.97. The van der Waals surface area contributed by atoms with Crippen molar-refractivity contribution in [2.24, 2.45) is 10.7 Å². The Morgan fingerprint density at radius 3 is 2.53 bits per heavy atom. The quantitative estimate of drug-likeness (QED) is 0.149. The van der Waals surface area contributed by atoms with Gasteiger partial charge in [0.1, 0.15) is 23.1 Å². The summed E-state index contributed by atoms with van der Waals surface area (Å²) in [5.41, 5.74) is 5.51. The van der Waals surface area contributed by atoms with Gasteiger partial charge in [-0.3, -0.25) is 9.10 Å². The van der Waals surface area contributed by atoms with Gasteiger partial charge >= 0.3 is 0 Å². The van der Waals surface area contributed by atoms with Crippen LogP contribution in [0.25, 0.3) is 0 Å². The Balaban J connectivity index is 2.31. The van der Waals surface area contributed by atoms with Crippen LogP contribution < -0.4 is 20.5 Å². The maximum absolute atomic E-state index is 12.6. The molecule has 2 aromatic rings. The number of nitrogens with one attached hydrogen (secondary N) is 1. The largest absolute Gasteiger partial charge is 0.477 e. The summed E-state index contributed by atoms with van der Waals surface area (Å²) in [5, 5.41) is 2.79. The summed E-state index contributed by atoms with van der Waals surface area (Å²) in [7, 11) is 7.22. The van der Waals surface area contributed by atoms with E-state index in [2.05, 4.69) is 22.9 Å². The molecule has 0 aromatic heterocycles. The molecular weight excluding hydrogens is 448 g/mol. The molecule has 1 unspecified atom stereocenters. The molecule has 0 aliphatic heterocycles. The van der Waals surface area contributed by atoms with Crippen molar-refractivity contribution in [3.8, 4) is 17.2 Å². The Morgan fingerprint density at radius 1 is 1.22 bits per heavy atom. The van der Waals surface area contributed by atoms with Gasteiger partial charge in [-0.15, -0.1) is 12.6 Å². The third-order valence-corrected chi connectivity index (χ3v) is 4.81. The van der Waals surface area contributed by atoms with Gasteiger partial charge in [-0.2, -0.15) is 4.99 Å². The minimum Gasteiger partial charge on any atom is -0.477 e. The zero-order valence-electron chi connectivity index (χ0n) is 18.4. The highest BCUT2D eigenvalue weighted by Crippen LogP contribution is 2.30. The van der Waals surface area contributed by atoms with Crippen LogP contribution in [-0.4, -0.2) is 56.3 Å². The zero-order chi connectivity index (χ0) is 23.5. The van der Waals surface area contributed by atoms with Gasteiger partial charge in [0.15, 0.2) is 5.44 Å². The molecule has 2 aromatic carbocycles. The molecule has 0 fully saturated rings. The molecule has 32 heavy (non-hydrogen) atoms. The van der Waals surface area contributed by atoms with Crippen LogP contribution >= 0.6 is 24.6 Å². The fourth-order valence-electron chi connectivity index (χ4n) is 2.46. The van der Waals surface area contributed by atoms with Gasteiger partial charge in [0.25, 0.3) is 5.91 Å². The van der Waals surface area contributed by atoms with Crippen LogP contribution in [-0.2, 0) is 4.74 Å². The zero-order valence-corrected chi connectivity index (χ0v) is 20.2. The first-order valence-electron chi connectivity index (χ1n) is 9.65. The predicted molar refractivity (Wildman–Crippen MR) is 132 cm³/mol. The molecule has 172 valence electrons. The van der Waals surface area contributed by atoms with Crippen molar-refractivity contribution in [3.63, 3.8) is 0 Å². The SMILES string of the molecule is CN/C=C\C(N)=NC(=O)c1cc(Oc2ccc(SN(C)C)cc2)cc(OC(S)COC)c1. The number of nitrogens with zero attached hydrogens (tertiary/aromatic N) is 2. The standard InChI is InChI=1S/C22H28N4O4S2/c1-24-10-9-20(23)25-22(27)15-11-17(13-18(12-15)30-21(31)14-28-4)29-16-5-7-19(8-6-16)32-26(2)3/h5-13,21,24,31H,14H2,1-4H3,(H2,23,25,27)/b10-9-. The van der Waals surface area contributed by atoms with E-state index in [1.807, 2.05) is 42.7 Å². The van der Waals surface area contributed by atoms with Crippen LogP contribution in [0.2, 0.25) is 0 Å². The van der Waals surface area contributed by atoms with Crippen molar-refractivity contribution < 1.29 is 19.0 Å². The van der Waals surface area contributed by atoms with Crippen LogP contribution in [0.4, 0.5) is 0 Å². The Morgan fingerprint density at radius 2 is 1.91 bits per heavy atom. The fraction of sp³-hybridized carbons (Fsp3) is 0.273. The summed E-state index contributed by atoms with van der Waals surface area (Å²) >= 11 is 5.93. The van der Waals surface area contributed by atoms with E-state index in [1.54, 1.807) is 50.5 Å². The molecule has 1 amide bonds. The van der Waals surface area contributed by atoms with Gasteiger partial charge < -0.3 is 25.3 Å². The van der Waals surface area contributed by atoms with E-state index >= 15 is 0 Å². The number of ether oxygens (including phenoxy) is 3. The Kier molecular flexibility index (Phi) is 10.4. The highest BCUT2D eigenvalue weighted by Gasteiger charge is 2.13. The molecule has 0 bridgehead atoms. The average molecular weight is 477 g/mol. The number of rotatable bonds is 11. The molecule has 1 atom stereocenters. The van der Waals surface area contributed by atoms with E-state index in [0.29, 0.717) is 17.2 Å². The molecule has 8 nitrogen and oxygen atoms in total. The maximum Gasteiger partial charge on any atom is 0.279 e. The molecule has 0 spiro atoms. The summed E-state index contributed by atoms with van der Waals surface area (Å²) < 4.78 is 18.8. The Labute approximate surface area is 198 Å². The van der Waals surface area contributed by atoms with E-state index in [9.17, 15) is 4.79 Å². The van der Waals surface area contributed by atoms with Gasteiger partial charge in [-0.05, 0) is 74.7 Å². The number of hydrogen-bond donors (Lipinski definition) is 3. The number of aliphatic imine (C=N–C) groups is 1. The highest BCUT2D eigenvalue weighted by atomic mass is 32.2. The van der Waals surface area contributed by atoms with Crippen molar-refractivity contribution in [1.82, 2.24) is 9.62 Å². The Hall–Kier alpha value is -2.66. The number of nitrogens with two attached hydrogens (primary N) is 1. The number of methoxy groups -OCH3 is 1. The number of amides is 1. The number of carbonyl (C=O) groups excluding carboxylic acids is 1. The van der Waals surface area contributed by atoms with Gasteiger partial charge in [0, 0.05) is 30.7 Å². The average Bonchev–Trinajstić information content (AvgIpc) is 2.73. The molecular formula is C22H28N4O4S2. The second-order valence-electron chi connectivity index (χ2n) is 6.66. The minimum absolute atomic E-state index is 0.0681. The lowest BCUT2D eigenvalue weighted by atomic mass is 10.2. The number of benzene rings is 2. The summed E-state index contributed by atoms with van der Waals surface area (Å²) in [5.74, 6) is 0.957. The van der Waals surface area contributed by atoms with Gasteiger partial charge in [0.05, 0.1) is 6.61 Å². The third kappa shape index (κ3) is 8.83. The normalized spacial score (nSPS) is 12.8. The summed E-state index contributed by atoms with van der Waals surface area (Å²) in [6, 6.07) is 12.4. The van der Waals surface area contributed by atoms with Crippen molar-refractivity contribution in [1.29, 1.82) is 0 Å². The second-order valence-corrected chi connectivity index (χ2v) is 8.62. The van der Waals surface area contributed by atoms with E-state index in [-0.39, 0.29) is 18.0 Å². The number of hydrogen-bond acceptors (Lipinski definition) is 8.